The van der Waals surface area contributed by atoms with Gasteiger partial charge >= 0.3 is 0 Å². The monoisotopic (exact) mass is 279 g/mol. The number of hydrogen-bond acceptors (Lipinski definition) is 3. The molecule has 0 spiro atoms. The van der Waals surface area contributed by atoms with E-state index in [-0.39, 0.29) is 22.8 Å². The summed E-state index contributed by atoms with van der Waals surface area (Å²) < 4.78 is 12.2. The third kappa shape index (κ3) is 2.65. The molecule has 2 aliphatic rings. The van der Waals surface area contributed by atoms with E-state index in [0.717, 1.165) is 18.4 Å². The Morgan fingerprint density at radius 1 is 1.47 bits per heavy atom. The molecule has 1 aliphatic heterocycles. The Kier molecular flexibility index (Phi) is 3.45. The average molecular weight is 279 g/mol. The summed E-state index contributed by atoms with van der Waals surface area (Å²) in [5.41, 5.74) is 0.929. The van der Waals surface area contributed by atoms with Crippen LogP contribution < -0.4 is 0 Å². The van der Waals surface area contributed by atoms with Crippen molar-refractivity contribution in [2.45, 2.75) is 76.5 Å². The van der Waals surface area contributed by atoms with Gasteiger partial charge in [-0.05, 0) is 37.0 Å². The summed E-state index contributed by atoms with van der Waals surface area (Å²) in [6.07, 6.45) is 3.91. The van der Waals surface area contributed by atoms with Gasteiger partial charge in [-0.15, -0.1) is 0 Å². The molecule has 0 bridgehead atoms. The maximum Gasteiger partial charge on any atom is 0.192 e. The van der Waals surface area contributed by atoms with E-state index in [9.17, 15) is 0 Å². The third-order valence-electron chi connectivity index (χ3n) is 5.01. The van der Waals surface area contributed by atoms with E-state index >= 15 is 0 Å². The molecule has 1 saturated heterocycles. The molecular formula is C15H25NO2Si. The molecular weight excluding hydrogens is 254 g/mol. The van der Waals surface area contributed by atoms with Crippen molar-refractivity contribution in [2.75, 3.05) is 0 Å². The van der Waals surface area contributed by atoms with E-state index in [0.29, 0.717) is 0 Å². The number of rotatable bonds is 2. The second-order valence-corrected chi connectivity index (χ2v) is 12.2. The summed E-state index contributed by atoms with van der Waals surface area (Å²) in [6, 6.07) is 2.15. The molecule has 4 heteroatoms. The molecule has 0 aromatic heterocycles. The Morgan fingerprint density at radius 3 is 2.63 bits per heavy atom. The topological polar surface area (TPSA) is 45.5 Å². The van der Waals surface area contributed by atoms with E-state index < -0.39 is 8.32 Å². The molecule has 3 nitrogen and oxygen atoms in total. The first-order chi connectivity index (χ1) is 8.60. The molecule has 0 radical (unpaired) electrons. The van der Waals surface area contributed by atoms with Gasteiger partial charge in [0.05, 0.1) is 18.3 Å². The van der Waals surface area contributed by atoms with Crippen molar-refractivity contribution in [3.05, 3.63) is 11.6 Å². The normalized spacial score (nSPS) is 36.8. The molecule has 1 saturated carbocycles. The first-order valence-corrected chi connectivity index (χ1v) is 9.96. The van der Waals surface area contributed by atoms with Gasteiger partial charge in [0.2, 0.25) is 0 Å². The van der Waals surface area contributed by atoms with Crippen molar-refractivity contribution in [1.29, 1.82) is 5.26 Å². The van der Waals surface area contributed by atoms with Crippen molar-refractivity contribution in [3.63, 3.8) is 0 Å². The number of ether oxygens (including phenoxy) is 1. The Morgan fingerprint density at radius 2 is 2.11 bits per heavy atom. The highest BCUT2D eigenvalue weighted by atomic mass is 28.4. The second kappa shape index (κ2) is 4.44. The lowest BCUT2D eigenvalue weighted by Crippen LogP contribution is -2.45. The number of nitriles is 1. The summed E-state index contributed by atoms with van der Waals surface area (Å²) in [5, 5.41) is 9.12. The van der Waals surface area contributed by atoms with E-state index in [1.165, 1.54) is 0 Å². The molecule has 0 amide bonds. The number of nitrogens with zero attached hydrogens (tertiary/aromatic N) is 1. The van der Waals surface area contributed by atoms with Crippen LogP contribution in [0, 0.1) is 11.3 Å². The van der Waals surface area contributed by atoms with E-state index in [2.05, 4.69) is 46.9 Å². The van der Waals surface area contributed by atoms with Gasteiger partial charge in [0, 0.05) is 12.5 Å². The summed E-state index contributed by atoms with van der Waals surface area (Å²) >= 11 is 0. The van der Waals surface area contributed by atoms with E-state index in [4.69, 9.17) is 14.4 Å². The highest BCUT2D eigenvalue weighted by Gasteiger charge is 2.59. The first-order valence-electron chi connectivity index (χ1n) is 7.05. The van der Waals surface area contributed by atoms with Crippen LogP contribution in [0.15, 0.2) is 11.6 Å². The van der Waals surface area contributed by atoms with Crippen molar-refractivity contribution in [3.8, 4) is 6.07 Å². The van der Waals surface area contributed by atoms with Crippen LogP contribution in [-0.4, -0.2) is 26.1 Å². The molecule has 3 atom stereocenters. The minimum Gasteiger partial charge on any atom is -0.414 e. The predicted molar refractivity (Wildman–Crippen MR) is 78.3 cm³/mol. The van der Waals surface area contributed by atoms with Crippen molar-refractivity contribution >= 4 is 8.32 Å². The highest BCUT2D eigenvalue weighted by molar-refractivity contribution is 6.74. The molecule has 0 unspecified atom stereocenters. The minimum absolute atomic E-state index is 0.178. The Balaban J connectivity index is 2.09. The number of fused-ring (bicyclic) bond motifs is 1. The number of epoxide rings is 1. The number of allylic oxidation sites excluding steroid dienone is 1. The molecule has 0 N–H and O–H groups in total. The van der Waals surface area contributed by atoms with Crippen LogP contribution in [0.4, 0.5) is 0 Å². The zero-order valence-corrected chi connectivity index (χ0v) is 13.9. The molecule has 0 aromatic rings. The van der Waals surface area contributed by atoms with Crippen molar-refractivity contribution in [2.24, 2.45) is 0 Å². The fourth-order valence-electron chi connectivity index (χ4n) is 2.55. The van der Waals surface area contributed by atoms with Crippen LogP contribution in [0.3, 0.4) is 0 Å². The van der Waals surface area contributed by atoms with Crippen LogP contribution >= 0.6 is 0 Å². The minimum atomic E-state index is -1.75. The quantitative estimate of drug-likeness (QED) is 0.439. The molecule has 0 aromatic carbocycles. The molecule has 1 aliphatic carbocycles. The highest BCUT2D eigenvalue weighted by Crippen LogP contribution is 2.52. The maximum atomic E-state index is 8.90. The zero-order valence-electron chi connectivity index (χ0n) is 12.9. The SMILES string of the molecule is CC(C)(C)[Si](C)(C)O[C@@H]1C/C(=C\C#N)[C@@]2(C)O[C@H]2C1. The van der Waals surface area contributed by atoms with Crippen LogP contribution in [0.1, 0.15) is 40.5 Å². The lowest BCUT2D eigenvalue weighted by Gasteiger charge is -2.40. The van der Waals surface area contributed by atoms with Gasteiger partial charge in [-0.25, -0.2) is 0 Å². The molecule has 2 fully saturated rings. The summed E-state index contributed by atoms with van der Waals surface area (Å²) in [7, 11) is -1.75. The van der Waals surface area contributed by atoms with Gasteiger partial charge in [-0.1, -0.05) is 20.8 Å². The number of hydrogen-bond donors (Lipinski definition) is 0. The van der Waals surface area contributed by atoms with Gasteiger partial charge in [0.25, 0.3) is 0 Å². The fourth-order valence-corrected chi connectivity index (χ4v) is 3.92. The largest absolute Gasteiger partial charge is 0.414 e. The van der Waals surface area contributed by atoms with Crippen LogP contribution in [0.2, 0.25) is 18.1 Å². The van der Waals surface area contributed by atoms with Gasteiger partial charge < -0.3 is 9.16 Å². The molecule has 19 heavy (non-hydrogen) atoms. The van der Waals surface area contributed by atoms with Gasteiger partial charge in [0.1, 0.15) is 5.60 Å². The Labute approximate surface area is 117 Å². The average Bonchev–Trinajstić information content (AvgIpc) is 2.88. The summed E-state index contributed by atoms with van der Waals surface area (Å²) in [4.78, 5) is 0. The summed E-state index contributed by atoms with van der Waals surface area (Å²) in [6.45, 7) is 13.4. The van der Waals surface area contributed by atoms with Gasteiger partial charge in [-0.2, -0.15) is 5.26 Å². The maximum absolute atomic E-state index is 8.90. The standard InChI is InChI=1S/C15H25NO2Si/c1-14(2,3)19(5,6)18-12-9-11(7-8-16)15(4)13(10-12)17-15/h7,12-13H,9-10H2,1-6H3/b11-7+/t12-,13+,15-/m1/s1. The fraction of sp³-hybridized carbons (Fsp3) is 0.800. The van der Waals surface area contributed by atoms with Crippen LogP contribution in [-0.2, 0) is 9.16 Å². The second-order valence-electron chi connectivity index (χ2n) is 7.45. The predicted octanol–water partition coefficient (Wildman–Crippen LogP) is 3.78. The Hall–Kier alpha value is -0.633. The Bertz CT molecular complexity index is 444. The van der Waals surface area contributed by atoms with Crippen LogP contribution in [0.5, 0.6) is 0 Å². The van der Waals surface area contributed by atoms with E-state index in [1.54, 1.807) is 6.08 Å². The lowest BCUT2D eigenvalue weighted by atomic mass is 9.84. The first kappa shape index (κ1) is 14.8. The van der Waals surface area contributed by atoms with Gasteiger partial charge in [0.15, 0.2) is 8.32 Å². The van der Waals surface area contributed by atoms with Crippen LogP contribution in [0.25, 0.3) is 0 Å². The molecule has 2 rings (SSSR count). The van der Waals surface area contributed by atoms with Gasteiger partial charge in [-0.3, -0.25) is 0 Å². The molecule has 1 heterocycles. The van der Waals surface area contributed by atoms with Crippen molar-refractivity contribution in [1.82, 2.24) is 0 Å². The zero-order chi connectivity index (χ0) is 14.5. The smallest absolute Gasteiger partial charge is 0.192 e. The third-order valence-corrected chi connectivity index (χ3v) is 9.55. The molecule has 106 valence electrons. The lowest BCUT2D eigenvalue weighted by molar-refractivity contribution is 0.156. The van der Waals surface area contributed by atoms with Crippen molar-refractivity contribution < 1.29 is 9.16 Å². The van der Waals surface area contributed by atoms with E-state index in [1.807, 2.05) is 0 Å². The summed E-state index contributed by atoms with van der Waals surface area (Å²) in [5.74, 6) is 0.